The van der Waals surface area contributed by atoms with E-state index in [1.54, 1.807) is 0 Å². The Hall–Kier alpha value is -8.20. The molecule has 0 aliphatic heterocycles. The van der Waals surface area contributed by atoms with E-state index in [2.05, 4.69) is 240 Å². The highest BCUT2D eigenvalue weighted by Gasteiger charge is 2.23. The molecule has 0 bridgehead atoms. The van der Waals surface area contributed by atoms with Crippen LogP contribution in [-0.2, 0) is 0 Å². The van der Waals surface area contributed by atoms with Gasteiger partial charge in [-0.15, -0.1) is 0 Å². The van der Waals surface area contributed by atoms with Crippen molar-refractivity contribution in [3.8, 4) is 50.2 Å². The number of anilines is 3. The van der Waals surface area contributed by atoms with E-state index in [9.17, 15) is 0 Å². The summed E-state index contributed by atoms with van der Waals surface area (Å²) in [7, 11) is 0. The number of fused-ring (bicyclic) bond motifs is 9. The smallest absolute Gasteiger partial charge is 0.0541 e. The molecule has 0 amide bonds. The van der Waals surface area contributed by atoms with Gasteiger partial charge in [0.05, 0.1) is 11.0 Å². The maximum atomic E-state index is 2.41. The molecule has 12 aromatic rings. The van der Waals surface area contributed by atoms with Gasteiger partial charge in [-0.05, 0) is 137 Å². The third kappa shape index (κ3) is 5.30. The van der Waals surface area contributed by atoms with Crippen LogP contribution in [0.5, 0.6) is 0 Å². The number of benzene rings is 11. The monoisotopic (exact) mass is 786 g/mol. The number of rotatable bonds is 6. The predicted octanol–water partition coefficient (Wildman–Crippen LogP) is 16.7. The van der Waals surface area contributed by atoms with E-state index in [-0.39, 0.29) is 0 Å². The summed E-state index contributed by atoms with van der Waals surface area (Å²) in [5.74, 6) is 0. The highest BCUT2D eigenvalue weighted by Crippen LogP contribution is 2.50. The zero-order valence-electron chi connectivity index (χ0n) is 33.8. The molecule has 11 aromatic carbocycles. The quantitative estimate of drug-likeness (QED) is 0.152. The van der Waals surface area contributed by atoms with Gasteiger partial charge in [-0.25, -0.2) is 0 Å². The van der Waals surface area contributed by atoms with Crippen molar-refractivity contribution in [2.75, 3.05) is 4.90 Å². The van der Waals surface area contributed by atoms with Crippen molar-refractivity contribution in [2.24, 2.45) is 0 Å². The van der Waals surface area contributed by atoms with Crippen LogP contribution >= 0.6 is 0 Å². The summed E-state index contributed by atoms with van der Waals surface area (Å²) in [6.45, 7) is 0. The molecule has 1 aromatic heterocycles. The zero-order valence-corrected chi connectivity index (χ0v) is 33.8. The fourth-order valence-electron chi connectivity index (χ4n) is 10.3. The maximum absolute atomic E-state index is 2.41. The molecule has 0 unspecified atom stereocenters. The van der Waals surface area contributed by atoms with Gasteiger partial charge in [0.15, 0.2) is 0 Å². The average Bonchev–Trinajstić information content (AvgIpc) is 3.86. The fourth-order valence-corrected chi connectivity index (χ4v) is 10.3. The lowest BCUT2D eigenvalue weighted by Gasteiger charge is -2.27. The second kappa shape index (κ2) is 13.7. The molecule has 1 heterocycles. The molecule has 2 heteroatoms. The second-order valence-electron chi connectivity index (χ2n) is 16.5. The molecular weight excluding hydrogens is 749 g/mol. The van der Waals surface area contributed by atoms with Crippen LogP contribution in [0, 0.1) is 0 Å². The zero-order chi connectivity index (χ0) is 40.7. The summed E-state index contributed by atoms with van der Waals surface area (Å²) in [6, 6.07) is 84.8. The lowest BCUT2D eigenvalue weighted by Crippen LogP contribution is -2.10. The van der Waals surface area contributed by atoms with E-state index in [0.29, 0.717) is 0 Å². The number of hydrogen-bond acceptors (Lipinski definition) is 1. The van der Waals surface area contributed by atoms with Crippen LogP contribution in [-0.4, -0.2) is 4.57 Å². The Balaban J connectivity index is 0.971. The van der Waals surface area contributed by atoms with Crippen LogP contribution in [0.4, 0.5) is 17.1 Å². The van der Waals surface area contributed by atoms with Gasteiger partial charge in [-0.1, -0.05) is 170 Å². The molecule has 1 aliphatic carbocycles. The van der Waals surface area contributed by atoms with Gasteiger partial charge < -0.3 is 9.47 Å². The summed E-state index contributed by atoms with van der Waals surface area (Å²) in [6.07, 6.45) is 0. The molecule has 0 fully saturated rings. The first-order valence-electron chi connectivity index (χ1n) is 21.4. The minimum absolute atomic E-state index is 1.09. The number of aromatic nitrogens is 1. The Morgan fingerprint density at radius 3 is 1.60 bits per heavy atom. The van der Waals surface area contributed by atoms with E-state index >= 15 is 0 Å². The molecule has 1 aliphatic rings. The molecule has 13 rings (SSSR count). The van der Waals surface area contributed by atoms with Gasteiger partial charge in [0.25, 0.3) is 0 Å². The Bertz CT molecular complexity index is 3680. The van der Waals surface area contributed by atoms with Crippen LogP contribution in [0.1, 0.15) is 0 Å². The van der Waals surface area contributed by atoms with Crippen LogP contribution in [0.25, 0.3) is 104 Å². The van der Waals surface area contributed by atoms with Gasteiger partial charge in [0.1, 0.15) is 0 Å². The largest absolute Gasteiger partial charge is 0.310 e. The van der Waals surface area contributed by atoms with Crippen molar-refractivity contribution in [2.45, 2.75) is 0 Å². The molecule has 0 saturated heterocycles. The molecule has 288 valence electrons. The highest BCUT2D eigenvalue weighted by atomic mass is 15.1. The Labute approximate surface area is 359 Å². The van der Waals surface area contributed by atoms with Crippen molar-refractivity contribution >= 4 is 71.2 Å². The van der Waals surface area contributed by atoms with Crippen molar-refractivity contribution < 1.29 is 0 Å². The molecular formula is C60H38N2. The lowest BCUT2D eigenvalue weighted by atomic mass is 9.94. The van der Waals surface area contributed by atoms with Crippen molar-refractivity contribution in [3.05, 3.63) is 231 Å². The lowest BCUT2D eigenvalue weighted by molar-refractivity contribution is 1.17. The Morgan fingerprint density at radius 1 is 0.274 bits per heavy atom. The van der Waals surface area contributed by atoms with Crippen molar-refractivity contribution in [1.82, 2.24) is 4.57 Å². The second-order valence-corrected chi connectivity index (χ2v) is 16.5. The number of para-hydroxylation sites is 2. The predicted molar refractivity (Wildman–Crippen MR) is 263 cm³/mol. The minimum atomic E-state index is 1.09. The molecule has 0 radical (unpaired) electrons. The summed E-state index contributed by atoms with van der Waals surface area (Å²) >= 11 is 0. The van der Waals surface area contributed by atoms with Gasteiger partial charge >= 0.3 is 0 Å². The SMILES string of the molecule is c1cc(-c2ccc3c4c(cccc24)-c2ccccc2-3)cc(N(c2ccc(-c3ccc4ccc5ccccc5c4c3)cc2)c2cccc(-n3c4ccccc4c4ccccc43)c2)c1. The molecule has 0 saturated carbocycles. The standard InChI is InChI=1S/C60H38N2/c1-2-17-48-40(12-1)26-27-41-28-29-42(37-57(41)48)39-30-32-44(33-31-39)61(46-15-10-16-47(38-46)62-58-24-7-5-20-52(58)53-21-6-8-25-59(53)62)45-14-9-13-43(36-45)49-34-35-56-51-19-4-3-18-50(51)55-23-11-22-54(49)60(55)56/h1-38H. The maximum Gasteiger partial charge on any atom is 0.0541 e. The molecule has 62 heavy (non-hydrogen) atoms. The van der Waals surface area contributed by atoms with E-state index in [1.807, 2.05) is 0 Å². The van der Waals surface area contributed by atoms with E-state index in [4.69, 9.17) is 0 Å². The molecule has 0 N–H and O–H groups in total. The van der Waals surface area contributed by atoms with Gasteiger partial charge in [-0.2, -0.15) is 0 Å². The van der Waals surface area contributed by atoms with Gasteiger partial charge in [-0.3, -0.25) is 0 Å². The van der Waals surface area contributed by atoms with Crippen LogP contribution < -0.4 is 4.90 Å². The summed E-state index contributed by atoms with van der Waals surface area (Å²) in [4.78, 5) is 2.41. The van der Waals surface area contributed by atoms with E-state index in [1.165, 1.54) is 98.6 Å². The van der Waals surface area contributed by atoms with Crippen LogP contribution in [0.15, 0.2) is 231 Å². The average molecular weight is 787 g/mol. The summed E-state index contributed by atoms with van der Waals surface area (Å²) < 4.78 is 2.40. The Kier molecular flexibility index (Phi) is 7.64. The normalized spacial score (nSPS) is 11.9. The van der Waals surface area contributed by atoms with Crippen molar-refractivity contribution in [1.29, 1.82) is 0 Å². The Morgan fingerprint density at radius 2 is 0.823 bits per heavy atom. The topological polar surface area (TPSA) is 8.17 Å². The number of nitrogens with zero attached hydrogens (tertiary/aromatic N) is 2. The third-order valence-corrected chi connectivity index (χ3v) is 13.1. The van der Waals surface area contributed by atoms with Crippen LogP contribution in [0.3, 0.4) is 0 Å². The van der Waals surface area contributed by atoms with Gasteiger partial charge in [0.2, 0.25) is 0 Å². The fraction of sp³-hybridized carbons (Fsp3) is 0. The van der Waals surface area contributed by atoms with Crippen molar-refractivity contribution in [3.63, 3.8) is 0 Å². The third-order valence-electron chi connectivity index (χ3n) is 13.1. The highest BCUT2D eigenvalue weighted by molar-refractivity contribution is 6.19. The van der Waals surface area contributed by atoms with Gasteiger partial charge in [0, 0.05) is 33.5 Å². The van der Waals surface area contributed by atoms with E-state index < -0.39 is 0 Å². The first kappa shape index (κ1) is 34.6. The van der Waals surface area contributed by atoms with Crippen LogP contribution in [0.2, 0.25) is 0 Å². The minimum Gasteiger partial charge on any atom is -0.310 e. The number of hydrogen-bond donors (Lipinski definition) is 0. The van der Waals surface area contributed by atoms with E-state index in [0.717, 1.165) is 22.7 Å². The molecule has 0 spiro atoms. The first-order chi connectivity index (χ1) is 30.7. The summed E-state index contributed by atoms with van der Waals surface area (Å²) in [5, 5.41) is 10.2. The first-order valence-corrected chi connectivity index (χ1v) is 21.4. The molecule has 2 nitrogen and oxygen atoms in total. The molecule has 0 atom stereocenters. The summed E-state index contributed by atoms with van der Waals surface area (Å²) in [5.41, 5.74) is 16.8.